The Labute approximate surface area is 187 Å². The molecule has 2 amide bonds. The Morgan fingerprint density at radius 3 is 2.56 bits per heavy atom. The highest BCUT2D eigenvalue weighted by Crippen LogP contribution is 2.26. The van der Waals surface area contributed by atoms with Gasteiger partial charge >= 0.3 is 0 Å². The topological polar surface area (TPSA) is 94.1 Å². The number of primary amides is 1. The van der Waals surface area contributed by atoms with E-state index in [2.05, 4.69) is 10.1 Å². The summed E-state index contributed by atoms with van der Waals surface area (Å²) in [6, 6.07) is 19.1. The number of aromatic nitrogens is 3. The van der Waals surface area contributed by atoms with Gasteiger partial charge in [-0.1, -0.05) is 42.5 Å². The summed E-state index contributed by atoms with van der Waals surface area (Å²) < 4.78 is 15.3. The Morgan fingerprint density at radius 2 is 1.88 bits per heavy atom. The molecule has 0 unspecified atom stereocenters. The number of rotatable bonds is 8. The average molecular weight is 450 g/mol. The van der Waals surface area contributed by atoms with Crippen LogP contribution < -0.4 is 5.73 Å². The quantitative estimate of drug-likeness (QED) is 0.444. The van der Waals surface area contributed by atoms with E-state index in [1.807, 2.05) is 47.8 Å². The molecule has 0 saturated carbocycles. The van der Waals surface area contributed by atoms with Gasteiger partial charge in [0.1, 0.15) is 5.82 Å². The molecule has 32 heavy (non-hydrogen) atoms. The van der Waals surface area contributed by atoms with E-state index in [-0.39, 0.29) is 25.3 Å². The monoisotopic (exact) mass is 449 g/mol. The van der Waals surface area contributed by atoms with E-state index < -0.39 is 17.6 Å². The fraction of sp³-hybridized carbons (Fsp3) is 0.130. The minimum absolute atomic E-state index is 0.0148. The van der Waals surface area contributed by atoms with Crippen LogP contribution in [0.3, 0.4) is 0 Å². The maximum Gasteiger partial charge on any atom is 0.293 e. The lowest BCUT2D eigenvalue weighted by atomic mass is 10.2. The average Bonchev–Trinajstić information content (AvgIpc) is 3.46. The summed E-state index contributed by atoms with van der Waals surface area (Å²) in [5.74, 6) is -0.979. The number of hydrogen-bond acceptors (Lipinski definition) is 5. The first-order chi connectivity index (χ1) is 15.5. The smallest absolute Gasteiger partial charge is 0.293 e. The number of amides is 2. The van der Waals surface area contributed by atoms with Gasteiger partial charge in [0.05, 0.1) is 10.6 Å². The molecule has 9 heteroatoms. The number of nitrogens with zero attached hydrogens (tertiary/aromatic N) is 4. The number of benzene rings is 2. The molecule has 2 N–H and O–H groups in total. The van der Waals surface area contributed by atoms with Crippen LogP contribution in [-0.2, 0) is 11.3 Å². The van der Waals surface area contributed by atoms with E-state index in [9.17, 15) is 14.0 Å². The fourth-order valence-electron chi connectivity index (χ4n) is 3.20. The molecule has 2 aromatic carbocycles. The van der Waals surface area contributed by atoms with Crippen molar-refractivity contribution in [1.29, 1.82) is 0 Å². The van der Waals surface area contributed by atoms with Gasteiger partial charge in [0.2, 0.25) is 11.7 Å². The molecule has 0 radical (unpaired) electrons. The molecule has 4 aromatic rings. The molecular weight excluding hydrogens is 429 g/mol. The molecule has 2 aromatic heterocycles. The second-order valence-corrected chi connectivity index (χ2v) is 8.00. The molecule has 2 heterocycles. The van der Waals surface area contributed by atoms with Crippen LogP contribution in [0.2, 0.25) is 0 Å². The van der Waals surface area contributed by atoms with Gasteiger partial charge in [0.25, 0.3) is 5.91 Å². The van der Waals surface area contributed by atoms with Gasteiger partial charge in [0.15, 0.2) is 5.82 Å². The van der Waals surface area contributed by atoms with Crippen molar-refractivity contribution in [2.24, 2.45) is 5.73 Å². The van der Waals surface area contributed by atoms with Crippen molar-refractivity contribution in [3.05, 3.63) is 89.3 Å². The number of carbonyl (C=O) groups excluding carboxylic acids is 2. The maximum atomic E-state index is 13.9. The van der Waals surface area contributed by atoms with Gasteiger partial charge in [-0.2, -0.15) is 0 Å². The van der Waals surface area contributed by atoms with Crippen LogP contribution in [-0.4, -0.2) is 38.0 Å². The second kappa shape index (κ2) is 9.52. The number of halogens is 1. The van der Waals surface area contributed by atoms with Gasteiger partial charge in [-0.15, -0.1) is 16.4 Å². The van der Waals surface area contributed by atoms with Crippen molar-refractivity contribution in [2.75, 3.05) is 6.54 Å². The lowest BCUT2D eigenvalue weighted by molar-refractivity contribution is -0.118. The Hall–Kier alpha value is -3.85. The highest BCUT2D eigenvalue weighted by Gasteiger charge is 2.24. The zero-order valence-corrected chi connectivity index (χ0v) is 17.8. The largest absolute Gasteiger partial charge is 0.370 e. The van der Waals surface area contributed by atoms with E-state index in [1.165, 1.54) is 33.1 Å². The van der Waals surface area contributed by atoms with Gasteiger partial charge in [-0.3, -0.25) is 9.59 Å². The second-order valence-electron chi connectivity index (χ2n) is 7.06. The first-order valence-corrected chi connectivity index (χ1v) is 10.8. The minimum Gasteiger partial charge on any atom is -0.370 e. The number of nitrogens with two attached hydrogens (primary N) is 1. The van der Waals surface area contributed by atoms with E-state index in [0.29, 0.717) is 11.5 Å². The predicted octanol–water partition coefficient (Wildman–Crippen LogP) is 3.65. The molecule has 7 nitrogen and oxygen atoms in total. The third-order valence-corrected chi connectivity index (χ3v) is 5.59. The first-order valence-electron chi connectivity index (χ1n) is 9.89. The lowest BCUT2D eigenvalue weighted by Gasteiger charge is -2.20. The van der Waals surface area contributed by atoms with Crippen LogP contribution in [0.4, 0.5) is 4.39 Å². The lowest BCUT2D eigenvalue weighted by Crippen LogP contribution is -2.34. The van der Waals surface area contributed by atoms with Gasteiger partial charge < -0.3 is 10.6 Å². The Balaban J connectivity index is 1.72. The number of thiophene rings is 1. The summed E-state index contributed by atoms with van der Waals surface area (Å²) in [5.41, 5.74) is 6.66. The molecule has 4 rings (SSSR count). The Morgan fingerprint density at radius 1 is 1.06 bits per heavy atom. The number of carbonyl (C=O) groups is 2. The standard InChI is InChI=1S/C23H20FN5O2S/c24-17-8-4-9-18(14-17)29-22(19-10-5-13-32-19)26-21(27-29)23(31)28(12-11-20(25)30)15-16-6-2-1-3-7-16/h1-10,13-14H,11-12,15H2,(H2,25,30). The first kappa shape index (κ1) is 21.4. The molecule has 0 bridgehead atoms. The molecular formula is C23H20FN5O2S. The van der Waals surface area contributed by atoms with E-state index in [1.54, 1.807) is 12.1 Å². The predicted molar refractivity (Wildman–Crippen MR) is 120 cm³/mol. The molecule has 0 aliphatic rings. The molecule has 0 spiro atoms. The SMILES string of the molecule is NC(=O)CCN(Cc1ccccc1)C(=O)c1nc(-c2cccs2)n(-c2cccc(F)c2)n1. The van der Waals surface area contributed by atoms with Crippen LogP contribution in [0.1, 0.15) is 22.6 Å². The van der Waals surface area contributed by atoms with Crippen molar-refractivity contribution in [3.63, 3.8) is 0 Å². The highest BCUT2D eigenvalue weighted by atomic mass is 32.1. The van der Waals surface area contributed by atoms with Crippen molar-refractivity contribution >= 4 is 23.2 Å². The molecule has 162 valence electrons. The summed E-state index contributed by atoms with van der Waals surface area (Å²) in [6.45, 7) is 0.404. The summed E-state index contributed by atoms with van der Waals surface area (Å²) in [6.07, 6.45) is 0.0148. The van der Waals surface area contributed by atoms with E-state index in [0.717, 1.165) is 10.4 Å². The molecule has 0 aliphatic heterocycles. The summed E-state index contributed by atoms with van der Waals surface area (Å²) >= 11 is 1.44. The zero-order chi connectivity index (χ0) is 22.5. The van der Waals surface area contributed by atoms with E-state index >= 15 is 0 Å². The number of hydrogen-bond donors (Lipinski definition) is 1. The van der Waals surface area contributed by atoms with Crippen molar-refractivity contribution < 1.29 is 14.0 Å². The Bertz CT molecular complexity index is 1220. The van der Waals surface area contributed by atoms with Crippen molar-refractivity contribution in [2.45, 2.75) is 13.0 Å². The summed E-state index contributed by atoms with van der Waals surface area (Å²) in [7, 11) is 0. The zero-order valence-electron chi connectivity index (χ0n) is 17.0. The molecule has 0 saturated heterocycles. The molecule has 0 atom stereocenters. The molecule has 0 aliphatic carbocycles. The third kappa shape index (κ3) is 4.89. The highest BCUT2D eigenvalue weighted by molar-refractivity contribution is 7.13. The van der Waals surface area contributed by atoms with Crippen LogP contribution in [0, 0.1) is 5.82 Å². The minimum atomic E-state index is -0.506. The summed E-state index contributed by atoms with van der Waals surface area (Å²) in [5, 5.41) is 6.29. The Kier molecular flexibility index (Phi) is 6.37. The van der Waals surface area contributed by atoms with Crippen LogP contribution in [0.15, 0.2) is 72.1 Å². The van der Waals surface area contributed by atoms with Crippen LogP contribution in [0.5, 0.6) is 0 Å². The van der Waals surface area contributed by atoms with Gasteiger partial charge in [0, 0.05) is 19.5 Å². The normalized spacial score (nSPS) is 10.8. The molecule has 0 fully saturated rings. The van der Waals surface area contributed by atoms with Crippen LogP contribution in [0.25, 0.3) is 16.4 Å². The van der Waals surface area contributed by atoms with Crippen molar-refractivity contribution in [1.82, 2.24) is 19.7 Å². The van der Waals surface area contributed by atoms with Crippen molar-refractivity contribution in [3.8, 4) is 16.4 Å². The van der Waals surface area contributed by atoms with Gasteiger partial charge in [-0.05, 0) is 35.2 Å². The van der Waals surface area contributed by atoms with Gasteiger partial charge in [-0.25, -0.2) is 14.1 Å². The summed E-state index contributed by atoms with van der Waals surface area (Å²) in [4.78, 5) is 31.5. The van der Waals surface area contributed by atoms with Crippen LogP contribution >= 0.6 is 11.3 Å². The third-order valence-electron chi connectivity index (χ3n) is 4.72. The maximum absolute atomic E-state index is 13.9. The fourth-order valence-corrected chi connectivity index (χ4v) is 3.90. The van der Waals surface area contributed by atoms with E-state index in [4.69, 9.17) is 5.73 Å².